The molecule has 2 aliphatic rings. The van der Waals surface area contributed by atoms with E-state index in [9.17, 15) is 23.6 Å². The van der Waals surface area contributed by atoms with Crippen LogP contribution in [0.5, 0.6) is 0 Å². The summed E-state index contributed by atoms with van der Waals surface area (Å²) >= 11 is 0. The first-order chi connectivity index (χ1) is 20.1. The molecule has 4 amide bonds. The van der Waals surface area contributed by atoms with E-state index in [1.165, 1.54) is 42.5 Å². The van der Waals surface area contributed by atoms with Gasteiger partial charge in [-0.15, -0.1) is 0 Å². The van der Waals surface area contributed by atoms with Crippen LogP contribution in [0.2, 0.25) is 0 Å². The summed E-state index contributed by atoms with van der Waals surface area (Å²) < 4.78 is 28.6. The Morgan fingerprint density at radius 2 is 1.55 bits per heavy atom. The van der Waals surface area contributed by atoms with Crippen molar-refractivity contribution >= 4 is 35.0 Å². The second-order valence-corrected chi connectivity index (χ2v) is 10.8. The lowest BCUT2D eigenvalue weighted by atomic mass is 9.92. The summed E-state index contributed by atoms with van der Waals surface area (Å²) in [4.78, 5) is 53.4. The van der Waals surface area contributed by atoms with Crippen LogP contribution in [0.1, 0.15) is 45.5 Å². The fourth-order valence-corrected chi connectivity index (χ4v) is 5.01. The topological polar surface area (TPSA) is 120 Å². The Hall–Kier alpha value is -4.64. The van der Waals surface area contributed by atoms with Gasteiger partial charge in [0.05, 0.1) is 11.1 Å². The fourth-order valence-electron chi connectivity index (χ4n) is 5.01. The van der Waals surface area contributed by atoms with Gasteiger partial charge in [0.25, 0.3) is 11.8 Å². The maximum Gasteiger partial charge on any atom is 0.252 e. The minimum Gasteiger partial charge on any atom is -0.352 e. The molecule has 5 rings (SSSR count). The number of amides is 4. The van der Waals surface area contributed by atoms with Gasteiger partial charge in [-0.2, -0.15) is 0 Å². The molecule has 0 spiro atoms. The number of nitrogens with one attached hydrogen (secondary N) is 4. The quantitative estimate of drug-likeness (QED) is 0.216. The molecule has 0 unspecified atom stereocenters. The van der Waals surface area contributed by atoms with Gasteiger partial charge in [-0.3, -0.25) is 19.2 Å². The maximum atomic E-state index is 15.4. The molecule has 9 nitrogen and oxygen atoms in total. The van der Waals surface area contributed by atoms with Gasteiger partial charge < -0.3 is 26.2 Å². The monoisotopic (exact) mass is 575 g/mol. The molecule has 0 radical (unpaired) electrons. The van der Waals surface area contributed by atoms with E-state index in [0.717, 1.165) is 19.0 Å². The average molecular weight is 576 g/mol. The van der Waals surface area contributed by atoms with Crippen molar-refractivity contribution in [3.05, 3.63) is 82.9 Å². The lowest BCUT2D eigenvalue weighted by Gasteiger charge is -2.16. The molecule has 1 heterocycles. The van der Waals surface area contributed by atoms with E-state index in [1.54, 1.807) is 6.07 Å². The van der Waals surface area contributed by atoms with Crippen molar-refractivity contribution in [3.63, 3.8) is 0 Å². The number of fused-ring (bicyclic) bond motifs is 1. The number of halogens is 2. The first-order valence-corrected chi connectivity index (χ1v) is 13.6. The Morgan fingerprint density at radius 1 is 0.905 bits per heavy atom. The van der Waals surface area contributed by atoms with E-state index in [0.29, 0.717) is 36.2 Å². The zero-order valence-corrected chi connectivity index (χ0v) is 23.3. The van der Waals surface area contributed by atoms with Crippen molar-refractivity contribution in [1.82, 2.24) is 15.5 Å². The van der Waals surface area contributed by atoms with Crippen LogP contribution < -0.4 is 21.3 Å². The lowest BCUT2D eigenvalue weighted by Crippen LogP contribution is -2.35. The van der Waals surface area contributed by atoms with Crippen LogP contribution in [0.4, 0.5) is 20.2 Å². The van der Waals surface area contributed by atoms with Crippen LogP contribution >= 0.6 is 0 Å². The summed E-state index contributed by atoms with van der Waals surface area (Å²) in [6.45, 7) is 1.40. The Labute approximate surface area is 241 Å². The van der Waals surface area contributed by atoms with E-state index in [-0.39, 0.29) is 34.8 Å². The highest BCUT2D eigenvalue weighted by molar-refractivity contribution is 6.17. The van der Waals surface area contributed by atoms with Crippen molar-refractivity contribution in [2.45, 2.75) is 25.8 Å². The molecular formula is C31H31F2N5O4. The van der Waals surface area contributed by atoms with Crippen LogP contribution in [-0.2, 0) is 16.1 Å². The van der Waals surface area contributed by atoms with Gasteiger partial charge in [-0.25, -0.2) is 8.78 Å². The number of hydrogen-bond donors (Lipinski definition) is 4. The molecular weight excluding hydrogens is 544 g/mol. The Morgan fingerprint density at radius 3 is 2.19 bits per heavy atom. The maximum absolute atomic E-state index is 15.4. The van der Waals surface area contributed by atoms with Gasteiger partial charge in [0, 0.05) is 30.0 Å². The predicted octanol–water partition coefficient (Wildman–Crippen LogP) is 3.91. The minimum atomic E-state index is -1.29. The van der Waals surface area contributed by atoms with Crippen molar-refractivity contribution in [2.75, 3.05) is 37.8 Å². The fraction of sp³-hybridized carbons (Fsp3) is 0.290. The number of nitrogens with zero attached hydrogens (tertiary/aromatic N) is 1. The molecule has 218 valence electrons. The molecule has 4 N–H and O–H groups in total. The highest BCUT2D eigenvalue weighted by Crippen LogP contribution is 2.47. The van der Waals surface area contributed by atoms with Gasteiger partial charge in [-0.1, -0.05) is 6.07 Å². The standard InChI is InChI=1S/C31H31F2N5O4/c1-38(2)15-3-14-34-27(39)23-11-10-21(24-17-35-28(40)26(23)24)22-9-8-20(16-25(22)33)37-30(42)31(12-13-31)29(41)36-19-6-4-18(32)5-7-19/h4-11,16H,3,12-15,17H2,1-2H3,(H,34,39)(H,35,40)(H,36,41)(H,37,42). The molecule has 0 aromatic heterocycles. The number of hydrogen-bond acceptors (Lipinski definition) is 5. The summed E-state index contributed by atoms with van der Waals surface area (Å²) in [6.07, 6.45) is 1.41. The molecule has 3 aromatic rings. The second kappa shape index (κ2) is 11.7. The van der Waals surface area contributed by atoms with Gasteiger partial charge in [0.15, 0.2) is 0 Å². The van der Waals surface area contributed by atoms with E-state index in [2.05, 4.69) is 21.3 Å². The zero-order valence-electron chi connectivity index (χ0n) is 23.3. The second-order valence-electron chi connectivity index (χ2n) is 10.8. The first-order valence-electron chi connectivity index (χ1n) is 13.6. The number of anilines is 2. The third kappa shape index (κ3) is 5.87. The summed E-state index contributed by atoms with van der Waals surface area (Å²) in [6, 6.07) is 12.5. The van der Waals surface area contributed by atoms with Crippen LogP contribution in [0.25, 0.3) is 11.1 Å². The number of carbonyl (C=O) groups is 4. The number of rotatable bonds is 10. The average Bonchev–Trinajstić information content (AvgIpc) is 3.69. The van der Waals surface area contributed by atoms with E-state index in [4.69, 9.17) is 0 Å². The molecule has 0 bridgehead atoms. The normalized spacial score (nSPS) is 14.6. The van der Waals surface area contributed by atoms with Gasteiger partial charge >= 0.3 is 0 Å². The SMILES string of the molecule is CN(C)CCCNC(=O)c1ccc(-c2ccc(NC(=O)C3(C(=O)Nc4ccc(F)cc4)CC3)cc2F)c2c1C(=O)NC2. The molecule has 0 atom stereocenters. The van der Waals surface area contributed by atoms with E-state index in [1.807, 2.05) is 19.0 Å². The van der Waals surface area contributed by atoms with Crippen LogP contribution in [-0.4, -0.2) is 55.7 Å². The molecule has 1 fully saturated rings. The Bertz CT molecular complexity index is 1570. The first kappa shape index (κ1) is 28.9. The molecule has 3 aromatic carbocycles. The largest absolute Gasteiger partial charge is 0.352 e. The Balaban J connectivity index is 1.31. The summed E-state index contributed by atoms with van der Waals surface area (Å²) in [5.74, 6) is -2.94. The Kier molecular flexibility index (Phi) is 8.04. The summed E-state index contributed by atoms with van der Waals surface area (Å²) in [5.41, 5.74) is 0.869. The minimum absolute atomic E-state index is 0.148. The molecule has 0 saturated heterocycles. The molecule has 42 heavy (non-hydrogen) atoms. The predicted molar refractivity (Wildman–Crippen MR) is 154 cm³/mol. The van der Waals surface area contributed by atoms with E-state index < -0.39 is 34.8 Å². The molecule has 1 aliphatic carbocycles. The third-order valence-corrected chi connectivity index (χ3v) is 7.52. The van der Waals surface area contributed by atoms with Gasteiger partial charge in [0.2, 0.25) is 11.8 Å². The molecule has 1 saturated carbocycles. The zero-order chi connectivity index (χ0) is 30.0. The smallest absolute Gasteiger partial charge is 0.252 e. The molecule has 11 heteroatoms. The van der Waals surface area contributed by atoms with Gasteiger partial charge in [-0.05, 0) is 99.6 Å². The number of carbonyl (C=O) groups excluding carboxylic acids is 4. The number of benzene rings is 3. The highest BCUT2D eigenvalue weighted by atomic mass is 19.1. The van der Waals surface area contributed by atoms with Crippen molar-refractivity contribution in [2.24, 2.45) is 5.41 Å². The van der Waals surface area contributed by atoms with Crippen LogP contribution in [0.15, 0.2) is 54.6 Å². The van der Waals surface area contributed by atoms with Crippen molar-refractivity contribution < 1.29 is 28.0 Å². The van der Waals surface area contributed by atoms with Crippen LogP contribution in [0, 0.1) is 17.0 Å². The summed E-state index contributed by atoms with van der Waals surface area (Å²) in [7, 11) is 3.88. The van der Waals surface area contributed by atoms with Gasteiger partial charge in [0.1, 0.15) is 17.0 Å². The van der Waals surface area contributed by atoms with Crippen LogP contribution in [0.3, 0.4) is 0 Å². The summed E-state index contributed by atoms with van der Waals surface area (Å²) in [5, 5.41) is 10.8. The third-order valence-electron chi connectivity index (χ3n) is 7.52. The lowest BCUT2D eigenvalue weighted by molar-refractivity contribution is -0.131. The molecule has 1 aliphatic heterocycles. The highest BCUT2D eigenvalue weighted by Gasteiger charge is 2.56. The van der Waals surface area contributed by atoms with Crippen molar-refractivity contribution in [1.29, 1.82) is 0 Å². The van der Waals surface area contributed by atoms with E-state index >= 15 is 4.39 Å². The van der Waals surface area contributed by atoms with Crippen molar-refractivity contribution in [3.8, 4) is 11.1 Å².